The van der Waals surface area contributed by atoms with E-state index >= 15 is 0 Å². The second-order valence-electron chi connectivity index (χ2n) is 6.66. The molecule has 1 amide bonds. The molecule has 0 fully saturated rings. The summed E-state index contributed by atoms with van der Waals surface area (Å²) >= 11 is 0. The Morgan fingerprint density at radius 3 is 2.20 bits per heavy atom. The lowest BCUT2D eigenvalue weighted by molar-refractivity contribution is -0.162. The molecular formula is C20H28N2O8. The summed E-state index contributed by atoms with van der Waals surface area (Å²) < 4.78 is 10.2. The van der Waals surface area contributed by atoms with Crippen LogP contribution in [-0.2, 0) is 30.3 Å². The molecule has 0 unspecified atom stereocenters. The Balaban J connectivity index is 3.30. The van der Waals surface area contributed by atoms with Crippen LogP contribution in [0, 0.1) is 5.92 Å². The molecule has 10 heteroatoms. The SMILES string of the molecule is CCOC(=O)COc1ccc(N)cc1CC(NC(=O)C(CC)CC)(C(=O)O)C(=O)O. The molecule has 30 heavy (non-hydrogen) atoms. The molecule has 166 valence electrons. The third-order valence-corrected chi connectivity index (χ3v) is 4.61. The second kappa shape index (κ2) is 11.0. The normalized spacial score (nSPS) is 11.1. The Kier molecular flexibility index (Phi) is 9.10. The number of amides is 1. The van der Waals surface area contributed by atoms with Gasteiger partial charge in [-0.2, -0.15) is 0 Å². The van der Waals surface area contributed by atoms with E-state index in [0.29, 0.717) is 12.8 Å². The zero-order valence-electron chi connectivity index (χ0n) is 17.3. The number of carboxylic acid groups (broad SMARTS) is 2. The van der Waals surface area contributed by atoms with E-state index in [1.54, 1.807) is 20.8 Å². The number of carbonyl (C=O) groups is 4. The molecule has 0 aliphatic carbocycles. The summed E-state index contributed by atoms with van der Waals surface area (Å²) in [5, 5.41) is 21.7. The third-order valence-electron chi connectivity index (χ3n) is 4.61. The largest absolute Gasteiger partial charge is 0.482 e. The molecule has 0 heterocycles. The molecule has 0 saturated heterocycles. The van der Waals surface area contributed by atoms with Crippen LogP contribution < -0.4 is 15.8 Å². The zero-order valence-corrected chi connectivity index (χ0v) is 17.3. The molecule has 0 spiro atoms. The molecule has 0 aliphatic heterocycles. The predicted octanol–water partition coefficient (Wildman–Crippen LogP) is 1.21. The molecule has 0 radical (unpaired) electrons. The Morgan fingerprint density at radius 2 is 1.70 bits per heavy atom. The number of carboxylic acids is 2. The summed E-state index contributed by atoms with van der Waals surface area (Å²) in [5.41, 5.74) is 3.45. The van der Waals surface area contributed by atoms with Gasteiger partial charge in [-0.05, 0) is 43.5 Å². The highest BCUT2D eigenvalue weighted by molar-refractivity contribution is 6.07. The van der Waals surface area contributed by atoms with Crippen molar-refractivity contribution >= 4 is 29.5 Å². The fourth-order valence-corrected chi connectivity index (χ4v) is 2.87. The summed E-state index contributed by atoms with van der Waals surface area (Å²) in [5.74, 6) is -5.29. The lowest BCUT2D eigenvalue weighted by atomic mass is 9.88. The number of nitrogens with two attached hydrogens (primary N) is 1. The van der Waals surface area contributed by atoms with Crippen LogP contribution in [0.5, 0.6) is 5.75 Å². The van der Waals surface area contributed by atoms with Gasteiger partial charge in [-0.1, -0.05) is 13.8 Å². The maximum Gasteiger partial charge on any atom is 0.344 e. The number of aliphatic carboxylic acids is 2. The van der Waals surface area contributed by atoms with Gasteiger partial charge in [0, 0.05) is 18.0 Å². The molecule has 0 aliphatic rings. The van der Waals surface area contributed by atoms with Crippen LogP contribution in [0.15, 0.2) is 18.2 Å². The molecule has 5 N–H and O–H groups in total. The summed E-state index contributed by atoms with van der Waals surface area (Å²) in [6, 6.07) is 4.18. The quantitative estimate of drug-likeness (QED) is 0.219. The van der Waals surface area contributed by atoms with Gasteiger partial charge in [0.2, 0.25) is 11.4 Å². The van der Waals surface area contributed by atoms with Crippen molar-refractivity contribution in [3.8, 4) is 5.75 Å². The minimum Gasteiger partial charge on any atom is -0.482 e. The van der Waals surface area contributed by atoms with Crippen LogP contribution >= 0.6 is 0 Å². The molecule has 0 saturated carbocycles. The summed E-state index contributed by atoms with van der Waals surface area (Å²) in [4.78, 5) is 48.1. The molecule has 1 aromatic rings. The highest BCUT2D eigenvalue weighted by Gasteiger charge is 2.49. The van der Waals surface area contributed by atoms with Crippen molar-refractivity contribution in [2.75, 3.05) is 18.9 Å². The number of hydrogen-bond acceptors (Lipinski definition) is 7. The van der Waals surface area contributed by atoms with Crippen molar-refractivity contribution in [3.05, 3.63) is 23.8 Å². The number of ether oxygens (including phenoxy) is 2. The molecule has 0 atom stereocenters. The molecular weight excluding hydrogens is 396 g/mol. The van der Waals surface area contributed by atoms with Gasteiger partial charge in [-0.15, -0.1) is 0 Å². The second-order valence-corrected chi connectivity index (χ2v) is 6.66. The first-order valence-electron chi connectivity index (χ1n) is 9.56. The van der Waals surface area contributed by atoms with Gasteiger partial charge in [-0.25, -0.2) is 14.4 Å². The number of hydrogen-bond donors (Lipinski definition) is 4. The summed E-state index contributed by atoms with van der Waals surface area (Å²) in [6.07, 6.45) is 0.195. The molecule has 1 rings (SSSR count). The fourth-order valence-electron chi connectivity index (χ4n) is 2.87. The highest BCUT2D eigenvalue weighted by atomic mass is 16.6. The molecule has 0 bridgehead atoms. The van der Waals surface area contributed by atoms with E-state index in [4.69, 9.17) is 15.2 Å². The average Bonchev–Trinajstić information content (AvgIpc) is 2.67. The van der Waals surface area contributed by atoms with E-state index in [2.05, 4.69) is 5.32 Å². The number of esters is 1. The lowest BCUT2D eigenvalue weighted by Gasteiger charge is -2.29. The molecule has 1 aromatic carbocycles. The van der Waals surface area contributed by atoms with Crippen LogP contribution in [0.4, 0.5) is 5.69 Å². The van der Waals surface area contributed by atoms with Gasteiger partial charge < -0.3 is 30.7 Å². The number of carbonyl (C=O) groups excluding carboxylic acids is 2. The van der Waals surface area contributed by atoms with Crippen LogP contribution in [-0.4, -0.2) is 52.8 Å². The van der Waals surface area contributed by atoms with Gasteiger partial charge in [0.25, 0.3) is 0 Å². The van der Waals surface area contributed by atoms with Crippen molar-refractivity contribution in [1.82, 2.24) is 5.32 Å². The average molecular weight is 424 g/mol. The standard InChI is InChI=1S/C20H28N2O8/c1-4-12(5-2)17(24)22-20(18(25)26,19(27)28)10-13-9-14(21)7-8-15(13)30-11-16(23)29-6-3/h7-9,12H,4-6,10-11,21H2,1-3H3,(H,22,24)(H,25,26)(H,27,28). The van der Waals surface area contributed by atoms with E-state index in [1.165, 1.54) is 18.2 Å². The Morgan fingerprint density at radius 1 is 1.10 bits per heavy atom. The smallest absolute Gasteiger partial charge is 0.344 e. The Bertz CT molecular complexity index is 775. The first-order chi connectivity index (χ1) is 14.1. The van der Waals surface area contributed by atoms with E-state index < -0.39 is 48.3 Å². The predicted molar refractivity (Wildman–Crippen MR) is 107 cm³/mol. The van der Waals surface area contributed by atoms with E-state index in [9.17, 15) is 29.4 Å². The first-order valence-corrected chi connectivity index (χ1v) is 9.56. The topological polar surface area (TPSA) is 165 Å². The van der Waals surface area contributed by atoms with Crippen LogP contribution in [0.3, 0.4) is 0 Å². The van der Waals surface area contributed by atoms with Crippen molar-refractivity contribution in [2.24, 2.45) is 5.92 Å². The first kappa shape index (κ1) is 24.7. The van der Waals surface area contributed by atoms with Crippen LogP contribution in [0.2, 0.25) is 0 Å². The van der Waals surface area contributed by atoms with Crippen molar-refractivity contribution in [3.63, 3.8) is 0 Å². The number of benzene rings is 1. The maximum absolute atomic E-state index is 12.5. The van der Waals surface area contributed by atoms with Gasteiger partial charge in [0.1, 0.15) is 5.75 Å². The monoisotopic (exact) mass is 424 g/mol. The minimum absolute atomic E-state index is 0.0564. The van der Waals surface area contributed by atoms with Gasteiger partial charge in [0.05, 0.1) is 6.61 Å². The highest BCUT2D eigenvalue weighted by Crippen LogP contribution is 2.27. The molecule has 0 aromatic heterocycles. The minimum atomic E-state index is -2.64. The van der Waals surface area contributed by atoms with Gasteiger partial charge in [-0.3, -0.25) is 4.79 Å². The van der Waals surface area contributed by atoms with E-state index in [-0.39, 0.29) is 23.6 Å². The summed E-state index contributed by atoms with van der Waals surface area (Å²) in [7, 11) is 0. The zero-order chi connectivity index (χ0) is 22.9. The third kappa shape index (κ3) is 6.10. The number of anilines is 1. The van der Waals surface area contributed by atoms with Crippen molar-refractivity contribution in [1.29, 1.82) is 0 Å². The number of rotatable bonds is 12. The van der Waals surface area contributed by atoms with Crippen LogP contribution in [0.25, 0.3) is 0 Å². The van der Waals surface area contributed by atoms with Gasteiger partial charge >= 0.3 is 17.9 Å². The lowest BCUT2D eigenvalue weighted by Crippen LogP contribution is -2.62. The van der Waals surface area contributed by atoms with E-state index in [0.717, 1.165) is 0 Å². The van der Waals surface area contributed by atoms with Gasteiger partial charge in [0.15, 0.2) is 6.61 Å². The fraction of sp³-hybridized carbons (Fsp3) is 0.500. The maximum atomic E-state index is 12.5. The van der Waals surface area contributed by atoms with Crippen molar-refractivity contribution < 1.29 is 38.9 Å². The number of nitrogens with one attached hydrogen (secondary N) is 1. The Labute approximate surface area is 174 Å². The Hall–Kier alpha value is -3.30. The van der Waals surface area contributed by atoms with E-state index in [1.807, 2.05) is 0 Å². The number of nitrogen functional groups attached to an aromatic ring is 1. The molecule has 10 nitrogen and oxygen atoms in total. The van der Waals surface area contributed by atoms with Crippen LogP contribution in [0.1, 0.15) is 39.2 Å². The summed E-state index contributed by atoms with van der Waals surface area (Å²) in [6.45, 7) is 4.81. The van der Waals surface area contributed by atoms with Crippen molar-refractivity contribution in [2.45, 2.75) is 45.6 Å².